The highest BCUT2D eigenvalue weighted by atomic mass is 35.5. The summed E-state index contributed by atoms with van der Waals surface area (Å²) in [5, 5.41) is 22.1. The van der Waals surface area contributed by atoms with Crippen LogP contribution in [0.25, 0.3) is 21.8 Å². The van der Waals surface area contributed by atoms with Gasteiger partial charge in [-0.15, -0.1) is 0 Å². The van der Waals surface area contributed by atoms with Crippen LogP contribution in [0, 0.1) is 13.8 Å². The Morgan fingerprint density at radius 2 is 1.00 bits per heavy atom. The van der Waals surface area contributed by atoms with Crippen LogP contribution in [-0.2, 0) is 13.1 Å². The van der Waals surface area contributed by atoms with E-state index in [9.17, 15) is 0 Å². The first-order valence-electron chi connectivity index (χ1n) is 22.4. The highest BCUT2D eigenvalue weighted by Gasteiger charge is 2.26. The van der Waals surface area contributed by atoms with Gasteiger partial charge in [0.2, 0.25) is 0 Å². The molecule has 0 unspecified atom stereocenters. The van der Waals surface area contributed by atoms with Gasteiger partial charge in [-0.2, -0.15) is 0 Å². The molecule has 336 valence electrons. The lowest BCUT2D eigenvalue weighted by Gasteiger charge is -2.38. The predicted octanol–water partition coefficient (Wildman–Crippen LogP) is 12.8. The Hall–Kier alpha value is -4.15. The molecule has 11 heteroatoms. The number of nitrogens with one attached hydrogen (secondary N) is 5. The SMILES string of the molecule is CC(C)(C)NC1CCNCC1.Cc1c(NCc2ccc(Cl)cc2)nc2ccccc2c1Cl.Cc1c(NCc2ccc(Cl)cc2)nc2ccccc2c1N1CCC(NC(C)(C)C)CC1. The topological polar surface area (TPSA) is 89.2 Å². The molecule has 2 saturated heterocycles. The first-order chi connectivity index (χ1) is 30.0. The number of hydrogen-bond donors (Lipinski definition) is 5. The number of pyridine rings is 2. The Labute approximate surface area is 391 Å². The fraction of sp³-hybridized carbons (Fsp3) is 0.423. The Balaban J connectivity index is 0.000000177. The molecule has 2 aromatic heterocycles. The lowest BCUT2D eigenvalue weighted by molar-refractivity contribution is 0.304. The fourth-order valence-electron chi connectivity index (χ4n) is 8.32. The van der Waals surface area contributed by atoms with Crippen molar-refractivity contribution < 1.29 is 0 Å². The molecular formula is C52H67Cl3N8. The van der Waals surface area contributed by atoms with Crippen LogP contribution in [-0.4, -0.2) is 59.3 Å². The molecular weight excluding hydrogens is 843 g/mol. The van der Waals surface area contributed by atoms with Crippen molar-refractivity contribution in [1.82, 2.24) is 25.9 Å². The molecule has 6 aromatic rings. The number of halogens is 3. The Bertz CT molecular complexity index is 2380. The van der Waals surface area contributed by atoms with E-state index in [0.29, 0.717) is 12.6 Å². The third-order valence-corrected chi connectivity index (χ3v) is 12.3. The summed E-state index contributed by atoms with van der Waals surface area (Å²) in [4.78, 5) is 12.1. The van der Waals surface area contributed by atoms with Gasteiger partial charge in [0.15, 0.2) is 0 Å². The third-order valence-electron chi connectivity index (χ3n) is 11.3. The highest BCUT2D eigenvalue weighted by molar-refractivity contribution is 6.36. The molecule has 0 atom stereocenters. The summed E-state index contributed by atoms with van der Waals surface area (Å²) in [6.07, 6.45) is 4.86. The number of benzene rings is 4. The van der Waals surface area contributed by atoms with E-state index in [1.807, 2.05) is 67.6 Å². The van der Waals surface area contributed by atoms with Gasteiger partial charge in [-0.05, 0) is 142 Å². The standard InChI is InChI=1S/C26H33ClN4.C17H14Cl2N2.C9H20N2/c1-18-24(31-15-13-21(14-16-31)30-26(2,3)4)22-7-5-6-8-23(22)29-25(18)28-17-19-9-11-20(27)12-10-19;1-11-16(19)14-4-2-3-5-15(14)21-17(11)20-10-12-6-8-13(18)9-7-12;1-9(2,3)11-8-4-6-10-7-5-8/h5-12,21,30H,13-17H2,1-4H3,(H,28,29);2-9H,10H2,1H3,(H,20,21);8,10-11H,4-7H2,1-3H3. The molecule has 0 spiro atoms. The van der Waals surface area contributed by atoms with E-state index in [-0.39, 0.29) is 11.1 Å². The molecule has 8 rings (SSSR count). The summed E-state index contributed by atoms with van der Waals surface area (Å²) >= 11 is 18.4. The average Bonchev–Trinajstić information content (AvgIpc) is 3.25. The number of nitrogens with zero attached hydrogens (tertiary/aromatic N) is 3. The van der Waals surface area contributed by atoms with Gasteiger partial charge in [0.1, 0.15) is 11.6 Å². The second-order valence-corrected chi connectivity index (χ2v) is 20.2. The van der Waals surface area contributed by atoms with Crippen molar-refractivity contribution in [3.05, 3.63) is 134 Å². The smallest absolute Gasteiger partial charge is 0.131 e. The number of para-hydroxylation sites is 2. The van der Waals surface area contributed by atoms with Crippen LogP contribution < -0.4 is 31.5 Å². The second-order valence-electron chi connectivity index (χ2n) is 18.9. The monoisotopic (exact) mass is 908 g/mol. The van der Waals surface area contributed by atoms with Gasteiger partial charge in [0.25, 0.3) is 0 Å². The first-order valence-corrected chi connectivity index (χ1v) is 23.6. The third kappa shape index (κ3) is 14.4. The zero-order valence-electron chi connectivity index (χ0n) is 38.4. The molecule has 0 saturated carbocycles. The molecule has 8 nitrogen and oxygen atoms in total. The van der Waals surface area contributed by atoms with Gasteiger partial charge in [0, 0.05) is 81.3 Å². The summed E-state index contributed by atoms with van der Waals surface area (Å²) in [7, 11) is 0. The van der Waals surface area contributed by atoms with Crippen LogP contribution in [0.15, 0.2) is 97.1 Å². The quantitative estimate of drug-likeness (QED) is 0.0980. The summed E-state index contributed by atoms with van der Waals surface area (Å²) in [6, 6.07) is 33.4. The Morgan fingerprint density at radius 1 is 0.571 bits per heavy atom. The van der Waals surface area contributed by atoms with E-state index in [1.54, 1.807) is 0 Å². The van der Waals surface area contributed by atoms with E-state index >= 15 is 0 Å². The van der Waals surface area contributed by atoms with Crippen LogP contribution in [0.2, 0.25) is 15.1 Å². The molecule has 4 aromatic carbocycles. The molecule has 0 radical (unpaired) electrons. The maximum absolute atomic E-state index is 6.44. The largest absolute Gasteiger partial charge is 0.371 e. The van der Waals surface area contributed by atoms with Crippen LogP contribution in [0.1, 0.15) is 89.5 Å². The molecule has 2 aliphatic heterocycles. The number of hydrogen-bond acceptors (Lipinski definition) is 8. The van der Waals surface area contributed by atoms with Crippen molar-refractivity contribution in [1.29, 1.82) is 0 Å². The molecule has 63 heavy (non-hydrogen) atoms. The van der Waals surface area contributed by atoms with Gasteiger partial charge in [-0.3, -0.25) is 0 Å². The maximum Gasteiger partial charge on any atom is 0.131 e. The summed E-state index contributed by atoms with van der Waals surface area (Å²) in [6.45, 7) is 23.5. The van der Waals surface area contributed by atoms with E-state index < -0.39 is 0 Å². The van der Waals surface area contributed by atoms with E-state index in [1.165, 1.54) is 48.1 Å². The number of fused-ring (bicyclic) bond motifs is 2. The number of anilines is 3. The highest BCUT2D eigenvalue weighted by Crippen LogP contribution is 2.36. The molecule has 2 fully saturated rings. The van der Waals surface area contributed by atoms with Crippen molar-refractivity contribution in [2.45, 2.75) is 117 Å². The van der Waals surface area contributed by atoms with Crippen molar-refractivity contribution in [2.24, 2.45) is 0 Å². The Morgan fingerprint density at radius 3 is 1.49 bits per heavy atom. The maximum atomic E-state index is 6.44. The summed E-state index contributed by atoms with van der Waals surface area (Å²) in [5.41, 5.74) is 8.20. The van der Waals surface area contributed by atoms with Crippen molar-refractivity contribution in [3.63, 3.8) is 0 Å². The summed E-state index contributed by atoms with van der Waals surface area (Å²) in [5.74, 6) is 1.77. The summed E-state index contributed by atoms with van der Waals surface area (Å²) < 4.78 is 0. The van der Waals surface area contributed by atoms with Gasteiger partial charge in [0.05, 0.1) is 21.7 Å². The zero-order valence-corrected chi connectivity index (χ0v) is 40.7. The van der Waals surface area contributed by atoms with Gasteiger partial charge >= 0.3 is 0 Å². The predicted molar refractivity (Wildman–Crippen MR) is 272 cm³/mol. The van der Waals surface area contributed by atoms with Crippen molar-refractivity contribution in [3.8, 4) is 0 Å². The number of aromatic nitrogens is 2. The number of rotatable bonds is 9. The zero-order chi connectivity index (χ0) is 45.1. The minimum absolute atomic E-state index is 0.158. The van der Waals surface area contributed by atoms with E-state index in [4.69, 9.17) is 39.8 Å². The van der Waals surface area contributed by atoms with Crippen molar-refractivity contribution in [2.75, 3.05) is 41.7 Å². The fourth-order valence-corrected chi connectivity index (χ4v) is 8.82. The molecule has 0 bridgehead atoms. The van der Waals surface area contributed by atoms with E-state index in [0.717, 1.165) is 92.8 Å². The Kier molecular flexibility index (Phi) is 17.0. The van der Waals surface area contributed by atoms with Gasteiger partial charge in [-0.25, -0.2) is 9.97 Å². The first kappa shape index (κ1) is 48.3. The van der Waals surface area contributed by atoms with Crippen LogP contribution >= 0.6 is 34.8 Å². The normalized spacial score (nSPS) is 15.1. The number of piperidine rings is 2. The van der Waals surface area contributed by atoms with Crippen LogP contribution in [0.5, 0.6) is 0 Å². The molecule has 4 heterocycles. The second kappa shape index (κ2) is 22.2. The lowest BCUT2D eigenvalue weighted by Crippen LogP contribution is -2.49. The minimum atomic E-state index is 0.158. The minimum Gasteiger partial charge on any atom is -0.371 e. The van der Waals surface area contributed by atoms with Crippen LogP contribution in [0.3, 0.4) is 0 Å². The van der Waals surface area contributed by atoms with Crippen molar-refractivity contribution >= 4 is 73.9 Å². The molecule has 5 N–H and O–H groups in total. The van der Waals surface area contributed by atoms with Gasteiger partial charge < -0.3 is 31.5 Å². The van der Waals surface area contributed by atoms with Gasteiger partial charge in [-0.1, -0.05) is 95.5 Å². The average molecular weight is 911 g/mol. The van der Waals surface area contributed by atoms with E-state index in [2.05, 4.69) is 121 Å². The molecule has 2 aliphatic rings. The van der Waals surface area contributed by atoms with Crippen LogP contribution in [0.4, 0.5) is 17.3 Å². The lowest BCUT2D eigenvalue weighted by atomic mass is 9.98. The molecule has 0 amide bonds. The molecule has 0 aliphatic carbocycles.